The Labute approximate surface area is 142 Å². The average Bonchev–Trinajstić information content (AvgIpc) is 3.02. The molecule has 24 heavy (non-hydrogen) atoms. The van der Waals surface area contributed by atoms with Crippen molar-refractivity contribution in [3.63, 3.8) is 0 Å². The molecule has 0 aliphatic carbocycles. The van der Waals surface area contributed by atoms with Crippen LogP contribution < -0.4 is 4.90 Å². The number of nitrogens with zero attached hydrogens (tertiary/aromatic N) is 4. The number of aliphatic imine (C=N–C) groups is 1. The van der Waals surface area contributed by atoms with Crippen LogP contribution in [0.4, 0.5) is 17.2 Å². The van der Waals surface area contributed by atoms with Gasteiger partial charge in [-0.25, -0.2) is 9.98 Å². The topological polar surface area (TPSA) is 31.7 Å². The van der Waals surface area contributed by atoms with Crippen LogP contribution in [0.25, 0.3) is 10.9 Å². The Hall–Kier alpha value is -2.88. The van der Waals surface area contributed by atoms with Gasteiger partial charge < -0.3 is 9.80 Å². The summed E-state index contributed by atoms with van der Waals surface area (Å²) in [6.45, 7) is 0.938. The molecule has 4 rings (SSSR count). The van der Waals surface area contributed by atoms with Crippen molar-refractivity contribution in [1.82, 2.24) is 9.88 Å². The van der Waals surface area contributed by atoms with Crippen molar-refractivity contribution >= 4 is 34.4 Å². The summed E-state index contributed by atoms with van der Waals surface area (Å²) in [5.74, 6) is 1.03. The number of anilines is 2. The molecule has 2 aromatic carbocycles. The zero-order chi connectivity index (χ0) is 16.5. The second-order valence-electron chi connectivity index (χ2n) is 6.23. The Balaban J connectivity index is 1.92. The Morgan fingerprint density at radius 3 is 2.58 bits per heavy atom. The lowest BCUT2D eigenvalue weighted by molar-refractivity contribution is 0.643. The first-order chi connectivity index (χ1) is 11.7. The molecule has 0 fully saturated rings. The van der Waals surface area contributed by atoms with Crippen molar-refractivity contribution in [2.45, 2.75) is 6.42 Å². The van der Waals surface area contributed by atoms with Gasteiger partial charge >= 0.3 is 0 Å². The van der Waals surface area contributed by atoms with Crippen molar-refractivity contribution in [2.24, 2.45) is 4.99 Å². The van der Waals surface area contributed by atoms with Gasteiger partial charge in [0.25, 0.3) is 0 Å². The van der Waals surface area contributed by atoms with Crippen LogP contribution in [0.5, 0.6) is 0 Å². The monoisotopic (exact) mass is 316 g/mol. The Morgan fingerprint density at radius 2 is 1.79 bits per heavy atom. The molecule has 0 saturated heterocycles. The van der Waals surface area contributed by atoms with E-state index in [1.54, 1.807) is 0 Å². The molecule has 3 aromatic rings. The smallest absolute Gasteiger partial charge is 0.139 e. The highest BCUT2D eigenvalue weighted by atomic mass is 15.2. The number of pyridine rings is 1. The summed E-state index contributed by atoms with van der Waals surface area (Å²) in [6, 6.07) is 18.7. The first kappa shape index (κ1) is 14.7. The molecule has 1 aliphatic heterocycles. The number of hydrogen-bond acceptors (Lipinski definition) is 3. The van der Waals surface area contributed by atoms with Crippen LogP contribution in [0.1, 0.15) is 5.56 Å². The summed E-state index contributed by atoms with van der Waals surface area (Å²) in [7, 11) is 3.98. The zero-order valence-corrected chi connectivity index (χ0v) is 14.0. The molecule has 0 saturated carbocycles. The van der Waals surface area contributed by atoms with Crippen LogP contribution >= 0.6 is 0 Å². The number of benzene rings is 2. The lowest BCUT2D eigenvalue weighted by atomic mass is 10.1. The van der Waals surface area contributed by atoms with Crippen LogP contribution in [-0.4, -0.2) is 36.9 Å². The number of aromatic nitrogens is 1. The van der Waals surface area contributed by atoms with Gasteiger partial charge in [-0.15, -0.1) is 0 Å². The van der Waals surface area contributed by atoms with Gasteiger partial charge in [-0.2, -0.15) is 0 Å². The molecule has 120 valence electrons. The minimum Gasteiger partial charge on any atom is -0.369 e. The predicted octanol–water partition coefficient (Wildman–Crippen LogP) is 4.15. The molecule has 0 atom stereocenters. The van der Waals surface area contributed by atoms with E-state index in [1.165, 1.54) is 11.3 Å². The SMILES string of the molecule is CN(C)C=Nc1c2c(nc3ccccc13)N(c1ccccc1)CC2. The minimum absolute atomic E-state index is 0.938. The van der Waals surface area contributed by atoms with E-state index in [2.05, 4.69) is 47.4 Å². The third-order valence-corrected chi connectivity index (χ3v) is 4.27. The van der Waals surface area contributed by atoms with Crippen molar-refractivity contribution in [1.29, 1.82) is 0 Å². The molecule has 0 bridgehead atoms. The first-order valence-corrected chi connectivity index (χ1v) is 8.19. The average molecular weight is 316 g/mol. The quantitative estimate of drug-likeness (QED) is 0.537. The second kappa shape index (κ2) is 5.96. The highest BCUT2D eigenvalue weighted by Crippen LogP contribution is 2.41. The van der Waals surface area contributed by atoms with E-state index < -0.39 is 0 Å². The standard InChI is InChI=1S/C20H20N4/c1-23(2)14-21-19-16-10-6-7-11-18(16)22-20-17(19)12-13-24(20)15-8-4-3-5-9-15/h3-11,14H,12-13H2,1-2H3. The Bertz CT molecular complexity index is 900. The van der Waals surface area contributed by atoms with Gasteiger partial charge in [0.05, 0.1) is 17.5 Å². The van der Waals surface area contributed by atoms with Crippen molar-refractivity contribution in [2.75, 3.05) is 25.5 Å². The molecule has 0 unspecified atom stereocenters. The zero-order valence-electron chi connectivity index (χ0n) is 14.0. The van der Waals surface area contributed by atoms with E-state index in [0.29, 0.717) is 0 Å². The number of rotatable bonds is 3. The molecule has 1 aliphatic rings. The Kier molecular flexibility index (Phi) is 3.65. The third-order valence-electron chi connectivity index (χ3n) is 4.27. The van der Waals surface area contributed by atoms with Crippen molar-refractivity contribution < 1.29 is 0 Å². The fourth-order valence-electron chi connectivity index (χ4n) is 3.18. The lowest BCUT2D eigenvalue weighted by Gasteiger charge is -2.19. The number of fused-ring (bicyclic) bond motifs is 2. The fourth-order valence-corrected chi connectivity index (χ4v) is 3.18. The normalized spacial score (nSPS) is 13.7. The maximum atomic E-state index is 4.94. The van der Waals surface area contributed by atoms with Crippen LogP contribution in [0.3, 0.4) is 0 Å². The summed E-state index contributed by atoms with van der Waals surface area (Å²) < 4.78 is 0. The summed E-state index contributed by atoms with van der Waals surface area (Å²) in [5.41, 5.74) is 4.45. The highest BCUT2D eigenvalue weighted by Gasteiger charge is 2.26. The van der Waals surface area contributed by atoms with E-state index in [9.17, 15) is 0 Å². The molecule has 0 spiro atoms. The second-order valence-corrected chi connectivity index (χ2v) is 6.23. The van der Waals surface area contributed by atoms with Crippen LogP contribution in [0.2, 0.25) is 0 Å². The molecule has 0 N–H and O–H groups in total. The van der Waals surface area contributed by atoms with Crippen molar-refractivity contribution in [3.05, 3.63) is 60.2 Å². The van der Waals surface area contributed by atoms with Crippen molar-refractivity contribution in [3.8, 4) is 0 Å². The minimum atomic E-state index is 0.938. The third kappa shape index (κ3) is 2.50. The molecule has 0 amide bonds. The molecular formula is C20H20N4. The maximum Gasteiger partial charge on any atom is 0.139 e. The molecule has 0 radical (unpaired) electrons. The first-order valence-electron chi connectivity index (χ1n) is 8.19. The summed E-state index contributed by atoms with van der Waals surface area (Å²) in [5, 5.41) is 1.12. The lowest BCUT2D eigenvalue weighted by Crippen LogP contribution is -2.14. The number of para-hydroxylation sites is 2. The predicted molar refractivity (Wildman–Crippen MR) is 101 cm³/mol. The molecule has 1 aromatic heterocycles. The van der Waals surface area contributed by atoms with E-state index in [1.807, 2.05) is 37.5 Å². The molecule has 4 heteroatoms. The van der Waals surface area contributed by atoms with Crippen LogP contribution in [0.15, 0.2) is 59.6 Å². The van der Waals surface area contributed by atoms with Crippen LogP contribution in [0, 0.1) is 0 Å². The largest absolute Gasteiger partial charge is 0.369 e. The Morgan fingerprint density at radius 1 is 1.04 bits per heavy atom. The molecular weight excluding hydrogens is 296 g/mol. The van der Waals surface area contributed by atoms with Gasteiger partial charge in [0, 0.05) is 37.3 Å². The summed E-state index contributed by atoms with van der Waals surface area (Å²) in [6.07, 6.45) is 2.83. The van der Waals surface area contributed by atoms with E-state index >= 15 is 0 Å². The van der Waals surface area contributed by atoms with Gasteiger partial charge in [-0.05, 0) is 24.6 Å². The summed E-state index contributed by atoms with van der Waals surface area (Å²) >= 11 is 0. The molecule has 4 nitrogen and oxygen atoms in total. The van der Waals surface area contributed by atoms with Crippen LogP contribution in [-0.2, 0) is 6.42 Å². The van der Waals surface area contributed by atoms with Gasteiger partial charge in [0.15, 0.2) is 0 Å². The molecule has 2 heterocycles. The van der Waals surface area contributed by atoms with E-state index in [0.717, 1.165) is 35.4 Å². The van der Waals surface area contributed by atoms with Gasteiger partial charge in [-0.1, -0.05) is 36.4 Å². The number of hydrogen-bond donors (Lipinski definition) is 0. The highest BCUT2D eigenvalue weighted by molar-refractivity contribution is 5.96. The van der Waals surface area contributed by atoms with Gasteiger partial charge in [-0.3, -0.25) is 0 Å². The fraction of sp³-hybridized carbons (Fsp3) is 0.200. The maximum absolute atomic E-state index is 4.94. The van der Waals surface area contributed by atoms with E-state index in [4.69, 9.17) is 9.98 Å². The van der Waals surface area contributed by atoms with Gasteiger partial charge in [0.1, 0.15) is 5.82 Å². The van der Waals surface area contributed by atoms with E-state index in [-0.39, 0.29) is 0 Å². The summed E-state index contributed by atoms with van der Waals surface area (Å²) in [4.78, 5) is 14.0. The van der Waals surface area contributed by atoms with Gasteiger partial charge in [0.2, 0.25) is 0 Å².